The van der Waals surface area contributed by atoms with Gasteiger partial charge in [0.05, 0.1) is 6.61 Å². The molecule has 0 fully saturated rings. The number of carboxylic acids is 1. The summed E-state index contributed by atoms with van der Waals surface area (Å²) in [6, 6.07) is 8.87. The van der Waals surface area contributed by atoms with E-state index >= 15 is 0 Å². The highest BCUT2D eigenvalue weighted by molar-refractivity contribution is 5.78. The predicted molar refractivity (Wildman–Crippen MR) is 57.6 cm³/mol. The average Bonchev–Trinajstić information content (AvgIpc) is 2.27. The molecule has 1 aromatic rings. The molecule has 3 heteroatoms. The van der Waals surface area contributed by atoms with Crippen LogP contribution in [0.1, 0.15) is 12.5 Å². The van der Waals surface area contributed by atoms with Crippen molar-refractivity contribution in [3.05, 3.63) is 48.6 Å². The fraction of sp³-hybridized carbons (Fsp3) is 0.250. The minimum Gasteiger partial charge on any atom is -0.479 e. The topological polar surface area (TPSA) is 46.5 Å². The smallest absolute Gasteiger partial charge is 0.340 e. The monoisotopic (exact) mass is 206 g/mol. The van der Waals surface area contributed by atoms with Crippen LogP contribution in [0.15, 0.2) is 43.0 Å². The molecule has 3 nitrogen and oxygen atoms in total. The third-order valence-electron chi connectivity index (χ3n) is 2.22. The van der Waals surface area contributed by atoms with Crippen LogP contribution in [-0.4, -0.2) is 17.7 Å². The number of hydrogen-bond donors (Lipinski definition) is 1. The Kier molecular flexibility index (Phi) is 3.63. The highest BCUT2D eigenvalue weighted by Crippen LogP contribution is 2.25. The zero-order chi connectivity index (χ0) is 11.3. The van der Waals surface area contributed by atoms with Crippen molar-refractivity contribution in [1.82, 2.24) is 0 Å². The molecular weight excluding hydrogens is 192 g/mol. The van der Waals surface area contributed by atoms with Crippen molar-refractivity contribution in [3.63, 3.8) is 0 Å². The molecule has 0 spiro atoms. The van der Waals surface area contributed by atoms with E-state index in [2.05, 4.69) is 6.58 Å². The molecule has 0 amide bonds. The normalized spacial score (nSPS) is 14.2. The average molecular weight is 206 g/mol. The van der Waals surface area contributed by atoms with Crippen molar-refractivity contribution >= 4 is 5.97 Å². The van der Waals surface area contributed by atoms with Crippen LogP contribution in [0.2, 0.25) is 0 Å². The molecule has 1 aromatic carbocycles. The van der Waals surface area contributed by atoms with Gasteiger partial charge in [-0.15, -0.1) is 6.58 Å². The Labute approximate surface area is 89.0 Å². The van der Waals surface area contributed by atoms with E-state index in [1.54, 1.807) is 24.3 Å². The quantitative estimate of drug-likeness (QED) is 0.751. The summed E-state index contributed by atoms with van der Waals surface area (Å²) in [7, 11) is 0. The van der Waals surface area contributed by atoms with E-state index in [0.717, 1.165) is 0 Å². The lowest BCUT2D eigenvalue weighted by molar-refractivity contribution is -0.163. The molecule has 0 aliphatic carbocycles. The van der Waals surface area contributed by atoms with Crippen LogP contribution < -0.4 is 0 Å². The third-order valence-corrected chi connectivity index (χ3v) is 2.22. The van der Waals surface area contributed by atoms with Gasteiger partial charge in [0.15, 0.2) is 5.60 Å². The lowest BCUT2D eigenvalue weighted by Gasteiger charge is -2.25. The Morgan fingerprint density at radius 2 is 2.13 bits per heavy atom. The van der Waals surface area contributed by atoms with E-state index in [0.29, 0.717) is 5.56 Å². The zero-order valence-corrected chi connectivity index (χ0v) is 8.64. The van der Waals surface area contributed by atoms with E-state index in [1.807, 2.05) is 6.07 Å². The number of benzene rings is 1. The van der Waals surface area contributed by atoms with E-state index in [4.69, 9.17) is 9.84 Å². The number of rotatable bonds is 5. The molecule has 80 valence electrons. The van der Waals surface area contributed by atoms with Gasteiger partial charge in [0.25, 0.3) is 0 Å². The molecule has 1 N–H and O–H groups in total. The van der Waals surface area contributed by atoms with Gasteiger partial charge in [-0.05, 0) is 12.5 Å². The zero-order valence-electron chi connectivity index (χ0n) is 8.64. The van der Waals surface area contributed by atoms with Crippen molar-refractivity contribution < 1.29 is 14.6 Å². The van der Waals surface area contributed by atoms with Gasteiger partial charge in [0.1, 0.15) is 0 Å². The van der Waals surface area contributed by atoms with Crippen molar-refractivity contribution in [3.8, 4) is 0 Å². The molecule has 1 rings (SSSR count). The van der Waals surface area contributed by atoms with Crippen LogP contribution in [0.3, 0.4) is 0 Å². The van der Waals surface area contributed by atoms with E-state index < -0.39 is 11.6 Å². The third kappa shape index (κ3) is 2.44. The molecule has 0 radical (unpaired) electrons. The van der Waals surface area contributed by atoms with Gasteiger partial charge in [-0.25, -0.2) is 4.79 Å². The predicted octanol–water partition coefficient (Wildman–Crippen LogP) is 2.19. The van der Waals surface area contributed by atoms with E-state index in [-0.39, 0.29) is 6.61 Å². The van der Waals surface area contributed by atoms with E-state index in [1.165, 1.54) is 13.0 Å². The summed E-state index contributed by atoms with van der Waals surface area (Å²) in [5.74, 6) is -1.00. The number of hydrogen-bond acceptors (Lipinski definition) is 2. The molecule has 1 unspecified atom stereocenters. The van der Waals surface area contributed by atoms with Gasteiger partial charge in [-0.3, -0.25) is 0 Å². The molecule has 0 bridgehead atoms. The van der Waals surface area contributed by atoms with Gasteiger partial charge < -0.3 is 9.84 Å². The maximum Gasteiger partial charge on any atom is 0.340 e. The van der Waals surface area contributed by atoms with Crippen molar-refractivity contribution in [2.75, 3.05) is 6.61 Å². The Morgan fingerprint density at radius 1 is 1.53 bits per heavy atom. The summed E-state index contributed by atoms with van der Waals surface area (Å²) in [5, 5.41) is 9.15. The Morgan fingerprint density at radius 3 is 2.60 bits per heavy atom. The van der Waals surface area contributed by atoms with Crippen LogP contribution in [0.25, 0.3) is 0 Å². The van der Waals surface area contributed by atoms with Crippen LogP contribution in [0.5, 0.6) is 0 Å². The standard InChI is InChI=1S/C12H14O3/c1-3-9-15-12(2,11(13)14)10-7-5-4-6-8-10/h3-8H,1,9H2,2H3,(H,13,14). The second-order valence-corrected chi connectivity index (χ2v) is 3.30. The number of carboxylic acid groups (broad SMARTS) is 1. The first-order valence-electron chi connectivity index (χ1n) is 4.65. The van der Waals surface area contributed by atoms with Crippen molar-refractivity contribution in [2.24, 2.45) is 0 Å². The lowest BCUT2D eigenvalue weighted by atomic mass is 9.96. The first-order valence-corrected chi connectivity index (χ1v) is 4.65. The molecule has 15 heavy (non-hydrogen) atoms. The molecule has 0 aromatic heterocycles. The van der Waals surface area contributed by atoms with Crippen LogP contribution in [0, 0.1) is 0 Å². The second-order valence-electron chi connectivity index (χ2n) is 3.30. The Hall–Kier alpha value is -1.61. The van der Waals surface area contributed by atoms with Crippen molar-refractivity contribution in [2.45, 2.75) is 12.5 Å². The van der Waals surface area contributed by atoms with Crippen molar-refractivity contribution in [1.29, 1.82) is 0 Å². The minimum atomic E-state index is -1.31. The van der Waals surface area contributed by atoms with Gasteiger partial charge >= 0.3 is 5.97 Å². The summed E-state index contributed by atoms with van der Waals surface area (Å²) >= 11 is 0. The fourth-order valence-corrected chi connectivity index (χ4v) is 1.25. The first kappa shape index (κ1) is 11.5. The maximum absolute atomic E-state index is 11.2. The van der Waals surface area contributed by atoms with Gasteiger partial charge in [0, 0.05) is 0 Å². The van der Waals surface area contributed by atoms with Crippen LogP contribution in [0.4, 0.5) is 0 Å². The minimum absolute atomic E-state index is 0.206. The van der Waals surface area contributed by atoms with Gasteiger partial charge in [0.2, 0.25) is 0 Å². The van der Waals surface area contributed by atoms with Gasteiger partial charge in [-0.1, -0.05) is 36.4 Å². The number of aliphatic carboxylic acids is 1. The van der Waals surface area contributed by atoms with Crippen LogP contribution in [-0.2, 0) is 15.1 Å². The molecule has 1 atom stereocenters. The Balaban J connectivity index is 3.01. The molecule has 0 saturated heterocycles. The lowest BCUT2D eigenvalue weighted by Crippen LogP contribution is -2.35. The SMILES string of the molecule is C=CCOC(C)(C(=O)O)c1ccccc1. The largest absolute Gasteiger partial charge is 0.479 e. The fourth-order valence-electron chi connectivity index (χ4n) is 1.25. The Bertz CT molecular complexity index is 345. The second kappa shape index (κ2) is 4.75. The first-order chi connectivity index (χ1) is 7.11. The summed E-state index contributed by atoms with van der Waals surface area (Å²) in [4.78, 5) is 11.2. The summed E-state index contributed by atoms with van der Waals surface area (Å²) in [6.07, 6.45) is 1.53. The molecule has 0 aliphatic rings. The summed E-state index contributed by atoms with van der Waals surface area (Å²) < 4.78 is 5.31. The highest BCUT2D eigenvalue weighted by Gasteiger charge is 2.35. The summed E-state index contributed by atoms with van der Waals surface area (Å²) in [6.45, 7) is 5.24. The van der Waals surface area contributed by atoms with E-state index in [9.17, 15) is 4.79 Å². The molecule has 0 heterocycles. The highest BCUT2D eigenvalue weighted by atomic mass is 16.5. The summed E-state index contributed by atoms with van der Waals surface area (Å²) in [5.41, 5.74) is -0.686. The molecule has 0 aliphatic heterocycles. The number of carbonyl (C=O) groups is 1. The maximum atomic E-state index is 11.2. The molecule has 0 saturated carbocycles. The van der Waals surface area contributed by atoms with Gasteiger partial charge in [-0.2, -0.15) is 0 Å². The molecular formula is C12H14O3. The number of ether oxygens (including phenoxy) is 1. The van der Waals surface area contributed by atoms with Crippen LogP contribution >= 0.6 is 0 Å².